The Labute approximate surface area is 187 Å². The van der Waals surface area contributed by atoms with Gasteiger partial charge in [0.1, 0.15) is 6.54 Å². The highest BCUT2D eigenvalue weighted by Gasteiger charge is 2.26. The largest absolute Gasteiger partial charge is 0.446 e. The summed E-state index contributed by atoms with van der Waals surface area (Å²) in [6.45, 7) is 7.82. The molecule has 0 aliphatic carbocycles. The Kier molecular flexibility index (Phi) is 8.52. The van der Waals surface area contributed by atoms with Crippen molar-refractivity contribution < 1.29 is 23.9 Å². The fraction of sp³-hybridized carbons (Fsp3) is 0.333. The average Bonchev–Trinajstić information content (AvgIpc) is 2.76. The first-order chi connectivity index (χ1) is 15.1. The topological polar surface area (TPSA) is 114 Å². The quantitative estimate of drug-likeness (QED) is 0.574. The summed E-state index contributed by atoms with van der Waals surface area (Å²) in [7, 11) is 0. The lowest BCUT2D eigenvalue weighted by molar-refractivity contribution is -0.155. The standard InChI is InChI=1S/C24H29N3O5/c1-5-25-23(31)27-22(30)20(16-9-7-6-8-10-16)32-19(28)15-26-21(29)17-11-13-18(14-12-17)24(2,3)4/h6-14,20H,5,15H2,1-4H3,(H,26,29)(H2,25,27,30,31). The van der Waals surface area contributed by atoms with Gasteiger partial charge >= 0.3 is 12.0 Å². The third-order valence-electron chi connectivity index (χ3n) is 4.57. The van der Waals surface area contributed by atoms with Crippen molar-refractivity contribution in [2.24, 2.45) is 0 Å². The first kappa shape index (κ1) is 24.6. The van der Waals surface area contributed by atoms with E-state index in [9.17, 15) is 19.2 Å². The highest BCUT2D eigenvalue weighted by Crippen LogP contribution is 2.22. The van der Waals surface area contributed by atoms with Gasteiger partial charge in [-0.1, -0.05) is 63.2 Å². The van der Waals surface area contributed by atoms with Crippen molar-refractivity contribution in [3.8, 4) is 0 Å². The molecule has 0 aliphatic heterocycles. The highest BCUT2D eigenvalue weighted by atomic mass is 16.5. The molecular weight excluding hydrogens is 410 g/mol. The number of benzene rings is 2. The molecule has 2 aromatic carbocycles. The molecule has 1 unspecified atom stereocenters. The molecular formula is C24H29N3O5. The molecule has 3 N–H and O–H groups in total. The monoisotopic (exact) mass is 439 g/mol. The normalized spacial score (nSPS) is 11.8. The lowest BCUT2D eigenvalue weighted by Crippen LogP contribution is -2.43. The molecule has 0 radical (unpaired) electrons. The van der Waals surface area contributed by atoms with Gasteiger partial charge in [-0.3, -0.25) is 19.7 Å². The fourth-order valence-electron chi connectivity index (χ4n) is 2.83. The maximum Gasteiger partial charge on any atom is 0.326 e. The van der Waals surface area contributed by atoms with Crippen LogP contribution in [0.5, 0.6) is 0 Å². The summed E-state index contributed by atoms with van der Waals surface area (Å²) in [6, 6.07) is 14.7. The van der Waals surface area contributed by atoms with Gasteiger partial charge in [0.2, 0.25) is 6.10 Å². The minimum Gasteiger partial charge on any atom is -0.446 e. The van der Waals surface area contributed by atoms with E-state index in [1.165, 1.54) is 0 Å². The lowest BCUT2D eigenvalue weighted by Gasteiger charge is -2.19. The Morgan fingerprint density at radius 3 is 2.09 bits per heavy atom. The van der Waals surface area contributed by atoms with Gasteiger partial charge in [0.05, 0.1) is 0 Å². The molecule has 1 atom stereocenters. The zero-order valence-corrected chi connectivity index (χ0v) is 18.7. The molecule has 2 rings (SSSR count). The molecule has 170 valence electrons. The molecule has 0 spiro atoms. The van der Waals surface area contributed by atoms with Crippen LogP contribution in [0.1, 0.15) is 55.3 Å². The number of amides is 4. The maximum atomic E-state index is 12.5. The number of rotatable bonds is 7. The SMILES string of the molecule is CCNC(=O)NC(=O)C(OC(=O)CNC(=O)c1ccc(C(C)(C)C)cc1)c1ccccc1. The van der Waals surface area contributed by atoms with Crippen molar-refractivity contribution in [3.63, 3.8) is 0 Å². The minimum absolute atomic E-state index is 0.0418. The number of esters is 1. The molecule has 2 aromatic rings. The van der Waals surface area contributed by atoms with Crippen molar-refractivity contribution in [3.05, 3.63) is 71.3 Å². The number of urea groups is 1. The Morgan fingerprint density at radius 1 is 0.906 bits per heavy atom. The predicted molar refractivity (Wildman–Crippen MR) is 120 cm³/mol. The van der Waals surface area contributed by atoms with Crippen LogP contribution in [0.3, 0.4) is 0 Å². The lowest BCUT2D eigenvalue weighted by atomic mass is 9.87. The molecule has 0 fully saturated rings. The second kappa shape index (κ2) is 11.1. The molecule has 0 saturated heterocycles. The number of nitrogens with one attached hydrogen (secondary N) is 3. The molecule has 0 aliphatic rings. The van der Waals surface area contributed by atoms with Crippen molar-refractivity contribution in [1.82, 2.24) is 16.0 Å². The van der Waals surface area contributed by atoms with Gasteiger partial charge in [0.25, 0.3) is 11.8 Å². The number of carbonyl (C=O) groups is 4. The molecule has 8 heteroatoms. The zero-order valence-electron chi connectivity index (χ0n) is 18.7. The summed E-state index contributed by atoms with van der Waals surface area (Å²) in [5.41, 5.74) is 1.84. The Balaban J connectivity index is 2.01. The molecule has 4 amide bonds. The van der Waals surface area contributed by atoms with Gasteiger partial charge in [0, 0.05) is 17.7 Å². The van der Waals surface area contributed by atoms with Crippen LogP contribution in [0.4, 0.5) is 4.79 Å². The molecule has 32 heavy (non-hydrogen) atoms. The van der Waals surface area contributed by atoms with Gasteiger partial charge in [-0.25, -0.2) is 4.79 Å². The van der Waals surface area contributed by atoms with E-state index in [1.54, 1.807) is 49.4 Å². The highest BCUT2D eigenvalue weighted by molar-refractivity contribution is 5.98. The Bertz CT molecular complexity index is 950. The van der Waals surface area contributed by atoms with E-state index in [0.29, 0.717) is 17.7 Å². The van der Waals surface area contributed by atoms with Crippen LogP contribution in [-0.2, 0) is 19.7 Å². The van der Waals surface area contributed by atoms with Crippen LogP contribution < -0.4 is 16.0 Å². The fourth-order valence-corrected chi connectivity index (χ4v) is 2.83. The van der Waals surface area contributed by atoms with Crippen LogP contribution in [0.2, 0.25) is 0 Å². The molecule has 0 saturated carbocycles. The number of hydrogen-bond acceptors (Lipinski definition) is 5. The van der Waals surface area contributed by atoms with Crippen molar-refractivity contribution >= 4 is 23.8 Å². The van der Waals surface area contributed by atoms with Crippen LogP contribution in [0, 0.1) is 0 Å². The maximum absolute atomic E-state index is 12.5. The smallest absolute Gasteiger partial charge is 0.326 e. The summed E-state index contributed by atoms with van der Waals surface area (Å²) < 4.78 is 5.28. The van der Waals surface area contributed by atoms with Crippen LogP contribution in [0.25, 0.3) is 0 Å². The van der Waals surface area contributed by atoms with E-state index < -0.39 is 36.5 Å². The zero-order chi connectivity index (χ0) is 23.7. The van der Waals surface area contributed by atoms with Gasteiger partial charge in [-0.05, 0) is 30.0 Å². The summed E-state index contributed by atoms with van der Waals surface area (Å²) in [5, 5.41) is 7.07. The van der Waals surface area contributed by atoms with Crippen LogP contribution in [-0.4, -0.2) is 36.9 Å². The van der Waals surface area contributed by atoms with E-state index in [-0.39, 0.29) is 5.41 Å². The van der Waals surface area contributed by atoms with Crippen molar-refractivity contribution in [2.75, 3.05) is 13.1 Å². The van der Waals surface area contributed by atoms with E-state index in [1.807, 2.05) is 12.1 Å². The first-order valence-electron chi connectivity index (χ1n) is 10.3. The molecule has 0 heterocycles. The Hall–Kier alpha value is -3.68. The number of carbonyl (C=O) groups excluding carboxylic acids is 4. The molecule has 0 bridgehead atoms. The second-order valence-corrected chi connectivity index (χ2v) is 8.14. The van der Waals surface area contributed by atoms with Crippen molar-refractivity contribution in [1.29, 1.82) is 0 Å². The van der Waals surface area contributed by atoms with Gasteiger partial charge in [-0.15, -0.1) is 0 Å². The van der Waals surface area contributed by atoms with Crippen LogP contribution in [0.15, 0.2) is 54.6 Å². The van der Waals surface area contributed by atoms with E-state index in [2.05, 4.69) is 36.7 Å². The average molecular weight is 440 g/mol. The summed E-state index contributed by atoms with van der Waals surface area (Å²) >= 11 is 0. The molecule has 0 aromatic heterocycles. The summed E-state index contributed by atoms with van der Waals surface area (Å²) in [4.78, 5) is 48.9. The predicted octanol–water partition coefficient (Wildman–Crippen LogP) is 2.84. The van der Waals surface area contributed by atoms with Crippen molar-refractivity contribution in [2.45, 2.75) is 39.2 Å². The van der Waals surface area contributed by atoms with Gasteiger partial charge in [-0.2, -0.15) is 0 Å². The van der Waals surface area contributed by atoms with Crippen LogP contribution >= 0.6 is 0 Å². The van der Waals surface area contributed by atoms with E-state index in [0.717, 1.165) is 5.56 Å². The number of imide groups is 1. The van der Waals surface area contributed by atoms with E-state index in [4.69, 9.17) is 4.74 Å². The summed E-state index contributed by atoms with van der Waals surface area (Å²) in [5.74, 6) is -2.05. The third kappa shape index (κ3) is 7.23. The molecule has 8 nitrogen and oxygen atoms in total. The Morgan fingerprint density at radius 2 is 1.53 bits per heavy atom. The summed E-state index contributed by atoms with van der Waals surface area (Å²) in [6.07, 6.45) is -1.34. The second-order valence-electron chi connectivity index (χ2n) is 8.14. The van der Waals surface area contributed by atoms with E-state index >= 15 is 0 Å². The third-order valence-corrected chi connectivity index (χ3v) is 4.57. The van der Waals surface area contributed by atoms with Gasteiger partial charge < -0.3 is 15.4 Å². The van der Waals surface area contributed by atoms with Gasteiger partial charge in [0.15, 0.2) is 0 Å². The first-order valence-corrected chi connectivity index (χ1v) is 10.3. The minimum atomic E-state index is -1.34. The number of ether oxygens (including phenoxy) is 1. The number of hydrogen-bond donors (Lipinski definition) is 3.